The average molecular weight is 439 g/mol. The van der Waals surface area contributed by atoms with E-state index in [1.165, 1.54) is 0 Å². The zero-order valence-electron chi connectivity index (χ0n) is 18.1. The lowest BCUT2D eigenvalue weighted by Gasteiger charge is -2.28. The van der Waals surface area contributed by atoms with Crippen LogP contribution in [0.2, 0.25) is 0 Å². The Hall–Kier alpha value is -1.97. The SMILES string of the molecule is C[C@H](NC(=O)C1CCC(CNS(=O)(=O)c2ccccc2)CC1)C(=O)NCCN(C)C. The summed E-state index contributed by atoms with van der Waals surface area (Å²) in [5, 5.41) is 5.62. The molecule has 1 aliphatic rings. The molecule has 168 valence electrons. The quantitative estimate of drug-likeness (QED) is 0.504. The number of hydrogen-bond acceptors (Lipinski definition) is 5. The molecule has 0 aromatic heterocycles. The van der Waals surface area contributed by atoms with Gasteiger partial charge in [0.2, 0.25) is 21.8 Å². The number of carbonyl (C=O) groups excluding carboxylic acids is 2. The highest BCUT2D eigenvalue weighted by Crippen LogP contribution is 2.29. The Morgan fingerprint density at radius 2 is 1.73 bits per heavy atom. The lowest BCUT2D eigenvalue weighted by molar-refractivity contribution is -0.131. The van der Waals surface area contributed by atoms with Crippen molar-refractivity contribution in [2.45, 2.75) is 43.5 Å². The highest BCUT2D eigenvalue weighted by molar-refractivity contribution is 7.89. The van der Waals surface area contributed by atoms with Crippen molar-refractivity contribution in [1.29, 1.82) is 0 Å². The summed E-state index contributed by atoms with van der Waals surface area (Å²) < 4.78 is 27.3. The van der Waals surface area contributed by atoms with E-state index < -0.39 is 16.1 Å². The molecule has 9 heteroatoms. The summed E-state index contributed by atoms with van der Waals surface area (Å²) >= 11 is 0. The monoisotopic (exact) mass is 438 g/mol. The molecule has 1 aromatic carbocycles. The van der Waals surface area contributed by atoms with Crippen molar-refractivity contribution in [3.05, 3.63) is 30.3 Å². The molecule has 0 aliphatic heterocycles. The van der Waals surface area contributed by atoms with E-state index in [0.717, 1.165) is 19.4 Å². The number of amides is 2. The molecule has 1 atom stereocenters. The molecule has 8 nitrogen and oxygen atoms in total. The first-order chi connectivity index (χ1) is 14.2. The Bertz CT molecular complexity index is 790. The summed E-state index contributed by atoms with van der Waals surface area (Å²) in [4.78, 5) is 26.8. The van der Waals surface area contributed by atoms with Gasteiger partial charge in [0.05, 0.1) is 4.90 Å². The van der Waals surface area contributed by atoms with E-state index >= 15 is 0 Å². The van der Waals surface area contributed by atoms with E-state index in [2.05, 4.69) is 15.4 Å². The Morgan fingerprint density at radius 3 is 2.33 bits per heavy atom. The Balaban J connectivity index is 1.72. The van der Waals surface area contributed by atoms with Gasteiger partial charge in [-0.15, -0.1) is 0 Å². The van der Waals surface area contributed by atoms with Crippen LogP contribution in [-0.2, 0) is 19.6 Å². The molecule has 2 rings (SSSR count). The lowest BCUT2D eigenvalue weighted by atomic mass is 9.81. The van der Waals surface area contributed by atoms with Gasteiger partial charge in [-0.25, -0.2) is 13.1 Å². The molecule has 0 saturated heterocycles. The molecule has 1 fully saturated rings. The predicted octanol–water partition coefficient (Wildman–Crippen LogP) is 0.954. The van der Waals surface area contributed by atoms with Crippen LogP contribution in [0.3, 0.4) is 0 Å². The average Bonchev–Trinajstić information content (AvgIpc) is 2.73. The number of likely N-dealkylation sites (N-methyl/N-ethyl adjacent to an activating group) is 1. The summed E-state index contributed by atoms with van der Waals surface area (Å²) in [6.45, 7) is 3.34. The zero-order chi connectivity index (χ0) is 22.1. The van der Waals surface area contributed by atoms with Gasteiger partial charge < -0.3 is 15.5 Å². The predicted molar refractivity (Wildman–Crippen MR) is 116 cm³/mol. The second-order valence-electron chi connectivity index (χ2n) is 8.21. The summed E-state index contributed by atoms with van der Waals surface area (Å²) in [6, 6.07) is 7.74. The van der Waals surface area contributed by atoms with E-state index in [4.69, 9.17) is 0 Å². The fraction of sp³-hybridized carbons (Fsp3) is 0.619. The third-order valence-corrected chi connectivity index (χ3v) is 6.88. The Morgan fingerprint density at radius 1 is 1.10 bits per heavy atom. The van der Waals surface area contributed by atoms with Crippen LogP contribution < -0.4 is 15.4 Å². The van der Waals surface area contributed by atoms with E-state index in [1.54, 1.807) is 37.3 Å². The molecule has 30 heavy (non-hydrogen) atoms. The molecule has 0 bridgehead atoms. The van der Waals surface area contributed by atoms with Gasteiger partial charge in [-0.2, -0.15) is 0 Å². The van der Waals surface area contributed by atoms with Gasteiger partial charge in [0.25, 0.3) is 0 Å². The maximum absolute atomic E-state index is 12.5. The highest BCUT2D eigenvalue weighted by atomic mass is 32.2. The molecular weight excluding hydrogens is 404 g/mol. The van der Waals surface area contributed by atoms with E-state index in [9.17, 15) is 18.0 Å². The number of nitrogens with zero attached hydrogens (tertiary/aromatic N) is 1. The number of nitrogens with one attached hydrogen (secondary N) is 3. The van der Waals surface area contributed by atoms with E-state index in [-0.39, 0.29) is 28.5 Å². The topological polar surface area (TPSA) is 108 Å². The molecule has 0 spiro atoms. The van der Waals surface area contributed by atoms with Crippen molar-refractivity contribution in [3.63, 3.8) is 0 Å². The van der Waals surface area contributed by atoms with Crippen LogP contribution in [-0.4, -0.2) is 64.9 Å². The minimum atomic E-state index is -3.50. The molecule has 0 unspecified atom stereocenters. The van der Waals surface area contributed by atoms with Crippen molar-refractivity contribution in [1.82, 2.24) is 20.3 Å². The zero-order valence-corrected chi connectivity index (χ0v) is 18.9. The summed E-state index contributed by atoms with van der Waals surface area (Å²) in [5.41, 5.74) is 0. The van der Waals surface area contributed by atoms with Crippen LogP contribution in [0, 0.1) is 11.8 Å². The van der Waals surface area contributed by atoms with Crippen molar-refractivity contribution in [2.24, 2.45) is 11.8 Å². The van der Waals surface area contributed by atoms with Crippen LogP contribution in [0.25, 0.3) is 0 Å². The van der Waals surface area contributed by atoms with Crippen molar-refractivity contribution >= 4 is 21.8 Å². The van der Waals surface area contributed by atoms with Gasteiger partial charge in [-0.05, 0) is 64.8 Å². The maximum atomic E-state index is 12.5. The highest BCUT2D eigenvalue weighted by Gasteiger charge is 2.28. The van der Waals surface area contributed by atoms with Gasteiger partial charge in [0.15, 0.2) is 0 Å². The molecule has 1 saturated carbocycles. The number of rotatable bonds is 10. The van der Waals surface area contributed by atoms with Crippen LogP contribution >= 0.6 is 0 Å². The second-order valence-corrected chi connectivity index (χ2v) is 9.97. The minimum Gasteiger partial charge on any atom is -0.353 e. The van der Waals surface area contributed by atoms with Crippen LogP contribution in [0.4, 0.5) is 0 Å². The van der Waals surface area contributed by atoms with Crippen LogP contribution in [0.5, 0.6) is 0 Å². The van der Waals surface area contributed by atoms with E-state index in [0.29, 0.717) is 25.9 Å². The molecule has 1 aliphatic carbocycles. The molecular formula is C21H34N4O4S. The van der Waals surface area contributed by atoms with Crippen molar-refractivity contribution in [3.8, 4) is 0 Å². The number of hydrogen-bond donors (Lipinski definition) is 3. The number of benzene rings is 1. The largest absolute Gasteiger partial charge is 0.353 e. The molecule has 1 aromatic rings. The summed E-state index contributed by atoms with van der Waals surface area (Å²) in [5.74, 6) is -0.217. The van der Waals surface area contributed by atoms with Gasteiger partial charge in [-0.1, -0.05) is 18.2 Å². The second kappa shape index (κ2) is 11.4. The van der Waals surface area contributed by atoms with Crippen molar-refractivity contribution in [2.75, 3.05) is 33.7 Å². The molecule has 2 amide bonds. The Labute approximate surface area is 179 Å². The first kappa shape index (κ1) is 24.3. The summed E-state index contributed by atoms with van der Waals surface area (Å²) in [7, 11) is 0.357. The third kappa shape index (κ3) is 7.70. The number of carbonyl (C=O) groups is 2. The van der Waals surface area contributed by atoms with Crippen LogP contribution in [0.1, 0.15) is 32.6 Å². The normalized spacial score (nSPS) is 20.5. The fourth-order valence-electron chi connectivity index (χ4n) is 3.49. The molecule has 0 radical (unpaired) electrons. The minimum absolute atomic E-state index is 0.103. The first-order valence-corrected chi connectivity index (χ1v) is 11.9. The standard InChI is InChI=1S/C21H34N4O4S/c1-16(20(26)22-13-14-25(2)3)24-21(27)18-11-9-17(10-12-18)15-23-30(28,29)19-7-5-4-6-8-19/h4-8,16-18,23H,9-15H2,1-3H3,(H,22,26)(H,24,27)/t16-,17?,18?/m0/s1. The summed E-state index contributed by atoms with van der Waals surface area (Å²) in [6.07, 6.45) is 2.94. The lowest BCUT2D eigenvalue weighted by Crippen LogP contribution is -2.48. The fourth-order valence-corrected chi connectivity index (χ4v) is 4.63. The van der Waals surface area contributed by atoms with Gasteiger partial charge in [0.1, 0.15) is 6.04 Å². The van der Waals surface area contributed by atoms with E-state index in [1.807, 2.05) is 19.0 Å². The smallest absolute Gasteiger partial charge is 0.242 e. The van der Waals surface area contributed by atoms with Crippen molar-refractivity contribution < 1.29 is 18.0 Å². The molecule has 0 heterocycles. The van der Waals surface area contributed by atoms with Crippen LogP contribution in [0.15, 0.2) is 35.2 Å². The first-order valence-electron chi connectivity index (χ1n) is 10.5. The van der Waals surface area contributed by atoms with Gasteiger partial charge in [0, 0.05) is 25.6 Å². The third-order valence-electron chi connectivity index (χ3n) is 5.44. The number of sulfonamides is 1. The Kier molecular flexibility index (Phi) is 9.26. The molecule has 3 N–H and O–H groups in total. The van der Waals surface area contributed by atoms with Gasteiger partial charge >= 0.3 is 0 Å². The van der Waals surface area contributed by atoms with Gasteiger partial charge in [-0.3, -0.25) is 9.59 Å². The maximum Gasteiger partial charge on any atom is 0.242 e.